The van der Waals surface area contributed by atoms with E-state index in [0.29, 0.717) is 12.5 Å². The van der Waals surface area contributed by atoms with E-state index in [1.165, 1.54) is 12.8 Å². The standard InChI is InChI=1S/C19H28N2O3.ClH/c1-13(15-11-20-12-15)19(22)21-10-14-7-8-17(23-2)18(9-14)24-16-5-3-4-6-16;/h7-9,13,15-16,20H,3-6,10-12H2,1-2H3,(H,21,22);1H. The Morgan fingerprint density at radius 2 is 2.00 bits per heavy atom. The summed E-state index contributed by atoms with van der Waals surface area (Å²) in [7, 11) is 1.66. The summed E-state index contributed by atoms with van der Waals surface area (Å²) in [5, 5.41) is 6.26. The Hall–Kier alpha value is -1.46. The third-order valence-corrected chi connectivity index (χ3v) is 5.22. The highest BCUT2D eigenvalue weighted by Gasteiger charge is 2.28. The van der Waals surface area contributed by atoms with Crippen molar-refractivity contribution in [2.45, 2.75) is 45.3 Å². The highest BCUT2D eigenvalue weighted by molar-refractivity contribution is 5.85. The van der Waals surface area contributed by atoms with Crippen LogP contribution in [-0.2, 0) is 11.3 Å². The molecule has 1 aromatic rings. The maximum Gasteiger partial charge on any atom is 0.223 e. The lowest BCUT2D eigenvalue weighted by Crippen LogP contribution is -2.49. The van der Waals surface area contributed by atoms with Gasteiger partial charge in [0.25, 0.3) is 0 Å². The maximum atomic E-state index is 12.2. The van der Waals surface area contributed by atoms with Crippen LogP contribution in [0.4, 0.5) is 0 Å². The summed E-state index contributed by atoms with van der Waals surface area (Å²) in [6.45, 7) is 4.41. The van der Waals surface area contributed by atoms with Crippen molar-refractivity contribution in [3.05, 3.63) is 23.8 Å². The first kappa shape index (κ1) is 19.9. The number of rotatable bonds is 7. The van der Waals surface area contributed by atoms with Gasteiger partial charge in [0.1, 0.15) is 0 Å². The fourth-order valence-electron chi connectivity index (χ4n) is 3.34. The highest BCUT2D eigenvalue weighted by Crippen LogP contribution is 2.32. The number of benzene rings is 1. The Morgan fingerprint density at radius 3 is 2.60 bits per heavy atom. The van der Waals surface area contributed by atoms with Crippen molar-refractivity contribution in [1.29, 1.82) is 0 Å². The van der Waals surface area contributed by atoms with Crippen LogP contribution in [0.3, 0.4) is 0 Å². The predicted octanol–water partition coefficient (Wildman–Crippen LogP) is 2.91. The van der Waals surface area contributed by atoms with Crippen LogP contribution < -0.4 is 20.1 Å². The molecule has 2 fully saturated rings. The molecule has 1 saturated carbocycles. The van der Waals surface area contributed by atoms with Crippen LogP contribution >= 0.6 is 12.4 Å². The van der Waals surface area contributed by atoms with Gasteiger partial charge in [0.2, 0.25) is 5.91 Å². The summed E-state index contributed by atoms with van der Waals surface area (Å²) in [5.74, 6) is 2.18. The zero-order chi connectivity index (χ0) is 16.9. The second kappa shape index (κ2) is 9.30. The molecule has 2 aliphatic rings. The number of hydrogen-bond acceptors (Lipinski definition) is 4. The molecule has 1 amide bonds. The molecule has 1 heterocycles. The molecular weight excluding hydrogens is 340 g/mol. The van der Waals surface area contributed by atoms with Gasteiger partial charge in [0.15, 0.2) is 11.5 Å². The molecular formula is C19H29ClN2O3. The van der Waals surface area contributed by atoms with Crippen LogP contribution in [0, 0.1) is 11.8 Å². The predicted molar refractivity (Wildman–Crippen MR) is 100 cm³/mol. The summed E-state index contributed by atoms with van der Waals surface area (Å²) in [5.41, 5.74) is 1.04. The lowest BCUT2D eigenvalue weighted by molar-refractivity contribution is -0.126. The molecule has 0 bridgehead atoms. The van der Waals surface area contributed by atoms with E-state index in [2.05, 4.69) is 10.6 Å². The summed E-state index contributed by atoms with van der Waals surface area (Å²) >= 11 is 0. The van der Waals surface area contributed by atoms with Gasteiger partial charge in [-0.2, -0.15) is 0 Å². The Kier molecular flexibility index (Phi) is 7.38. The zero-order valence-corrected chi connectivity index (χ0v) is 15.9. The summed E-state index contributed by atoms with van der Waals surface area (Å²) in [6, 6.07) is 5.90. The average molecular weight is 369 g/mol. The minimum Gasteiger partial charge on any atom is -0.493 e. The number of methoxy groups -OCH3 is 1. The largest absolute Gasteiger partial charge is 0.493 e. The van der Waals surface area contributed by atoms with E-state index in [-0.39, 0.29) is 30.3 Å². The number of hydrogen-bond donors (Lipinski definition) is 2. The number of halogens is 1. The third-order valence-electron chi connectivity index (χ3n) is 5.22. The summed E-state index contributed by atoms with van der Waals surface area (Å²) in [4.78, 5) is 12.2. The lowest BCUT2D eigenvalue weighted by Gasteiger charge is -2.31. The fourth-order valence-corrected chi connectivity index (χ4v) is 3.34. The van der Waals surface area contributed by atoms with Gasteiger partial charge in [-0.15, -0.1) is 12.4 Å². The van der Waals surface area contributed by atoms with E-state index in [0.717, 1.165) is 43.0 Å². The number of ether oxygens (including phenoxy) is 2. The van der Waals surface area contributed by atoms with E-state index in [1.807, 2.05) is 25.1 Å². The number of carbonyl (C=O) groups excluding carboxylic acids is 1. The van der Waals surface area contributed by atoms with Crippen molar-refractivity contribution in [1.82, 2.24) is 10.6 Å². The molecule has 2 N–H and O–H groups in total. The SMILES string of the molecule is COc1ccc(CNC(=O)C(C)C2CNC2)cc1OC1CCCC1.Cl. The van der Waals surface area contributed by atoms with E-state index < -0.39 is 0 Å². The molecule has 3 rings (SSSR count). The second-order valence-corrected chi connectivity index (χ2v) is 6.93. The molecule has 140 valence electrons. The molecule has 0 spiro atoms. The first-order valence-corrected chi connectivity index (χ1v) is 8.99. The zero-order valence-electron chi connectivity index (χ0n) is 15.0. The highest BCUT2D eigenvalue weighted by atomic mass is 35.5. The maximum absolute atomic E-state index is 12.2. The smallest absolute Gasteiger partial charge is 0.223 e. The monoisotopic (exact) mass is 368 g/mol. The Balaban J connectivity index is 0.00000225. The molecule has 1 aliphatic carbocycles. The molecule has 25 heavy (non-hydrogen) atoms. The topological polar surface area (TPSA) is 59.6 Å². The van der Waals surface area contributed by atoms with Crippen molar-refractivity contribution in [3.8, 4) is 11.5 Å². The van der Waals surface area contributed by atoms with Gasteiger partial charge in [-0.3, -0.25) is 4.79 Å². The number of amides is 1. The van der Waals surface area contributed by atoms with Crippen LogP contribution in [0.5, 0.6) is 11.5 Å². The van der Waals surface area contributed by atoms with E-state index in [4.69, 9.17) is 9.47 Å². The first-order chi connectivity index (χ1) is 11.7. The number of nitrogens with one attached hydrogen (secondary N) is 2. The fraction of sp³-hybridized carbons (Fsp3) is 0.632. The van der Waals surface area contributed by atoms with Crippen molar-refractivity contribution < 1.29 is 14.3 Å². The molecule has 1 saturated heterocycles. The van der Waals surface area contributed by atoms with Gasteiger partial charge < -0.3 is 20.1 Å². The molecule has 6 heteroatoms. The Morgan fingerprint density at radius 1 is 1.28 bits per heavy atom. The molecule has 1 atom stereocenters. The van der Waals surface area contributed by atoms with Gasteiger partial charge in [-0.25, -0.2) is 0 Å². The number of carbonyl (C=O) groups is 1. The minimum absolute atomic E-state index is 0. The van der Waals surface area contributed by atoms with Crippen molar-refractivity contribution in [2.24, 2.45) is 11.8 Å². The molecule has 0 radical (unpaired) electrons. The third kappa shape index (κ3) is 5.02. The van der Waals surface area contributed by atoms with Crippen LogP contribution in [0.1, 0.15) is 38.2 Å². The van der Waals surface area contributed by atoms with Crippen LogP contribution in [0.2, 0.25) is 0 Å². The van der Waals surface area contributed by atoms with E-state index in [1.54, 1.807) is 7.11 Å². The van der Waals surface area contributed by atoms with Crippen LogP contribution in [0.25, 0.3) is 0 Å². The minimum atomic E-state index is 0. The normalized spacial score (nSPS) is 18.8. The molecule has 1 aromatic carbocycles. The van der Waals surface area contributed by atoms with Crippen LogP contribution in [0.15, 0.2) is 18.2 Å². The average Bonchev–Trinajstić information content (AvgIpc) is 3.04. The van der Waals surface area contributed by atoms with Gasteiger partial charge in [0.05, 0.1) is 13.2 Å². The summed E-state index contributed by atoms with van der Waals surface area (Å²) in [6.07, 6.45) is 4.97. The summed E-state index contributed by atoms with van der Waals surface area (Å²) < 4.78 is 11.5. The van der Waals surface area contributed by atoms with E-state index in [9.17, 15) is 4.79 Å². The lowest BCUT2D eigenvalue weighted by atomic mass is 9.88. The van der Waals surface area contributed by atoms with Gasteiger partial charge in [-0.05, 0) is 62.4 Å². The van der Waals surface area contributed by atoms with Crippen molar-refractivity contribution in [3.63, 3.8) is 0 Å². The quantitative estimate of drug-likeness (QED) is 0.776. The van der Waals surface area contributed by atoms with Crippen molar-refractivity contribution in [2.75, 3.05) is 20.2 Å². The second-order valence-electron chi connectivity index (χ2n) is 6.93. The molecule has 5 nitrogen and oxygen atoms in total. The molecule has 0 aromatic heterocycles. The van der Waals surface area contributed by atoms with Gasteiger partial charge >= 0.3 is 0 Å². The van der Waals surface area contributed by atoms with Gasteiger partial charge in [-0.1, -0.05) is 13.0 Å². The Labute approximate surface area is 156 Å². The first-order valence-electron chi connectivity index (χ1n) is 8.99. The Bertz CT molecular complexity index is 572. The van der Waals surface area contributed by atoms with E-state index >= 15 is 0 Å². The van der Waals surface area contributed by atoms with Crippen LogP contribution in [-0.4, -0.2) is 32.2 Å². The van der Waals surface area contributed by atoms with Gasteiger partial charge in [0, 0.05) is 12.5 Å². The van der Waals surface area contributed by atoms with Crippen molar-refractivity contribution >= 4 is 18.3 Å². The molecule has 1 unspecified atom stereocenters. The molecule has 1 aliphatic heterocycles.